The Labute approximate surface area is 368 Å². The largest absolute Gasteiger partial charge is 0.524 e. The number of carbonyl (C=O) groups is 8. The Balaban J connectivity index is 1.80. The Bertz CT molecular complexity index is 1940. The Morgan fingerprint density at radius 1 is 0.873 bits per heavy atom. The lowest BCUT2D eigenvalue weighted by molar-refractivity contribution is -0.142. The van der Waals surface area contributed by atoms with E-state index in [2.05, 4.69) is 41.1 Å². The molecule has 14 N–H and O–H groups in total. The van der Waals surface area contributed by atoms with Gasteiger partial charge in [-0.2, -0.15) is 11.8 Å². The van der Waals surface area contributed by atoms with E-state index in [0.29, 0.717) is 42.8 Å². The summed E-state index contributed by atoms with van der Waals surface area (Å²) in [6.45, 7) is 1.62. The number of phosphoric ester groups is 1. The molecule has 0 spiro atoms. The molecule has 0 saturated carbocycles. The van der Waals surface area contributed by atoms with Gasteiger partial charge in [-0.05, 0) is 81.2 Å². The van der Waals surface area contributed by atoms with E-state index in [1.165, 1.54) is 60.4 Å². The molecule has 25 heteroatoms. The molecule has 2 heterocycles. The highest BCUT2D eigenvalue weighted by Gasteiger charge is 2.40. The molecule has 1 fully saturated rings. The molecule has 0 unspecified atom stereocenters. The maximum Gasteiger partial charge on any atom is 0.524 e. The molecule has 1 aromatic heterocycles. The number of nitrogens with zero attached hydrogens (tertiary/aromatic N) is 2. The van der Waals surface area contributed by atoms with Crippen LogP contribution >= 0.6 is 19.6 Å². The molecule has 1 aliphatic heterocycles. The number of hydrogen-bond acceptors (Lipinski definition) is 13. The van der Waals surface area contributed by atoms with Gasteiger partial charge < -0.3 is 58.2 Å². The Kier molecular flexibility index (Phi) is 21.0. The molecule has 2 aromatic rings. The normalized spacial score (nSPS) is 16.1. The molecule has 348 valence electrons. The van der Waals surface area contributed by atoms with Crippen LogP contribution in [0, 0.1) is 0 Å². The van der Waals surface area contributed by atoms with E-state index in [1.807, 2.05) is 0 Å². The highest BCUT2D eigenvalue weighted by atomic mass is 32.2. The van der Waals surface area contributed by atoms with Gasteiger partial charge in [0.05, 0.1) is 6.33 Å². The summed E-state index contributed by atoms with van der Waals surface area (Å²) in [6.07, 6.45) is 5.72. The van der Waals surface area contributed by atoms with Gasteiger partial charge in [-0.15, -0.1) is 0 Å². The maximum atomic E-state index is 14.2. The second-order valence-electron chi connectivity index (χ2n) is 14.9. The van der Waals surface area contributed by atoms with Gasteiger partial charge in [0.2, 0.25) is 47.3 Å². The summed E-state index contributed by atoms with van der Waals surface area (Å²) in [5.74, 6) is -5.47. The van der Waals surface area contributed by atoms with Crippen molar-refractivity contribution in [1.82, 2.24) is 41.5 Å². The Hall–Kier alpha value is -5.55. The predicted molar refractivity (Wildman–Crippen MR) is 229 cm³/mol. The number of unbranched alkanes of at least 4 members (excludes halogenated alkanes) is 1. The molecule has 0 bridgehead atoms. The summed E-state index contributed by atoms with van der Waals surface area (Å²) in [6, 6.07) is -1.74. The molecule has 8 amide bonds. The minimum absolute atomic E-state index is 0.00200. The van der Waals surface area contributed by atoms with Crippen molar-refractivity contribution < 1.29 is 57.2 Å². The second kappa shape index (κ2) is 25.5. The molecule has 0 radical (unpaired) electrons. The van der Waals surface area contributed by atoms with Crippen molar-refractivity contribution in [1.29, 1.82) is 0 Å². The fraction of sp³-hybridized carbons (Fsp3) is 0.553. The smallest absolute Gasteiger partial charge is 0.404 e. The number of benzene rings is 1. The molecular formula is C38H58N11O12PS. The standard InChI is InChI=1S/C38H58N11O12PS/c1-22(50)44-30(18-23-8-10-25(11-9-23)61-62(58,59)60)36(55)47-28(6-3-4-15-39)38(57)49-16-5-7-31(49)37(56)46-26(12-13-32(40)51)34(53)45-27(14-17-63-2)35(54)48-29(33(41)52)19-24-20-42-21-43-24/h8-11,20-21,26-31H,3-7,12-19,39H2,1-2H3,(H2,40,51)(H2,41,52)(H,42,43)(H,44,50)(H,45,53)(H,46,56)(H,47,55)(H,48,54)(H2,58,59,60)/t26-,27-,28-,29-,30-,31-/m0/s1. The summed E-state index contributed by atoms with van der Waals surface area (Å²) in [5.41, 5.74) is 17.7. The summed E-state index contributed by atoms with van der Waals surface area (Å²) in [5, 5.41) is 13.1. The van der Waals surface area contributed by atoms with Crippen molar-refractivity contribution >= 4 is 66.8 Å². The third kappa shape index (κ3) is 18.0. The Morgan fingerprint density at radius 3 is 2.08 bits per heavy atom. The lowest BCUT2D eigenvalue weighted by Crippen LogP contribution is -2.59. The monoisotopic (exact) mass is 923 g/mol. The zero-order valence-electron chi connectivity index (χ0n) is 35.1. The average molecular weight is 924 g/mol. The lowest BCUT2D eigenvalue weighted by atomic mass is 10.0. The van der Waals surface area contributed by atoms with Crippen molar-refractivity contribution in [3.63, 3.8) is 0 Å². The fourth-order valence-electron chi connectivity index (χ4n) is 6.75. The van der Waals surface area contributed by atoms with Gasteiger partial charge in [-0.3, -0.25) is 48.1 Å². The van der Waals surface area contributed by atoms with Crippen LogP contribution in [-0.2, 0) is 55.8 Å². The van der Waals surface area contributed by atoms with E-state index < -0.39 is 91.3 Å². The second-order valence-corrected chi connectivity index (χ2v) is 17.0. The summed E-state index contributed by atoms with van der Waals surface area (Å²) in [4.78, 5) is 132. The van der Waals surface area contributed by atoms with E-state index in [4.69, 9.17) is 27.0 Å². The summed E-state index contributed by atoms with van der Waals surface area (Å²) in [7, 11) is -4.82. The minimum Gasteiger partial charge on any atom is -0.404 e. The first-order valence-electron chi connectivity index (χ1n) is 20.2. The van der Waals surface area contributed by atoms with Crippen molar-refractivity contribution in [2.75, 3.05) is 25.1 Å². The van der Waals surface area contributed by atoms with Gasteiger partial charge in [0, 0.05) is 44.6 Å². The van der Waals surface area contributed by atoms with Crippen LogP contribution in [0.25, 0.3) is 0 Å². The number of nitrogens with two attached hydrogens (primary N) is 3. The molecule has 1 aromatic carbocycles. The number of nitrogens with one attached hydrogen (secondary N) is 6. The molecule has 23 nitrogen and oxygen atoms in total. The summed E-state index contributed by atoms with van der Waals surface area (Å²) >= 11 is 1.39. The number of imidazole rings is 1. The van der Waals surface area contributed by atoms with Crippen molar-refractivity contribution in [2.45, 2.75) is 107 Å². The van der Waals surface area contributed by atoms with E-state index in [-0.39, 0.29) is 57.2 Å². The van der Waals surface area contributed by atoms with Crippen LogP contribution in [0.1, 0.15) is 69.5 Å². The lowest BCUT2D eigenvalue weighted by Gasteiger charge is -2.31. The number of H-pyrrole nitrogens is 1. The number of likely N-dealkylation sites (tertiary alicyclic amines) is 1. The van der Waals surface area contributed by atoms with Gasteiger partial charge >= 0.3 is 7.82 Å². The first kappa shape index (κ1) is 51.8. The number of amides is 8. The minimum atomic E-state index is -4.82. The molecule has 1 aliphatic rings. The number of aromatic nitrogens is 2. The highest BCUT2D eigenvalue weighted by molar-refractivity contribution is 7.98. The molecular weight excluding hydrogens is 866 g/mol. The van der Waals surface area contributed by atoms with Gasteiger partial charge in [0.25, 0.3) is 0 Å². The quantitative estimate of drug-likeness (QED) is 0.0333. The number of hydrogen-bond donors (Lipinski definition) is 11. The molecule has 3 rings (SSSR count). The Morgan fingerprint density at radius 2 is 1.51 bits per heavy atom. The van der Waals surface area contributed by atoms with Gasteiger partial charge in [-0.1, -0.05) is 12.1 Å². The predicted octanol–water partition coefficient (Wildman–Crippen LogP) is -2.27. The van der Waals surface area contributed by atoms with Crippen LogP contribution in [0.3, 0.4) is 0 Å². The molecule has 0 aliphatic carbocycles. The van der Waals surface area contributed by atoms with Crippen molar-refractivity contribution in [3.8, 4) is 5.75 Å². The maximum absolute atomic E-state index is 14.2. The van der Waals surface area contributed by atoms with Crippen molar-refractivity contribution in [2.24, 2.45) is 17.2 Å². The van der Waals surface area contributed by atoms with Gasteiger partial charge in [0.1, 0.15) is 42.0 Å². The van der Waals surface area contributed by atoms with Crippen LogP contribution in [0.15, 0.2) is 36.8 Å². The zero-order valence-corrected chi connectivity index (χ0v) is 36.8. The van der Waals surface area contributed by atoms with Crippen LogP contribution in [0.4, 0.5) is 0 Å². The summed E-state index contributed by atoms with van der Waals surface area (Å²) < 4.78 is 15.8. The van der Waals surface area contributed by atoms with E-state index in [9.17, 15) is 42.9 Å². The first-order valence-corrected chi connectivity index (χ1v) is 23.1. The number of primary amides is 2. The fourth-order valence-corrected chi connectivity index (χ4v) is 7.62. The van der Waals surface area contributed by atoms with E-state index in [1.54, 1.807) is 6.26 Å². The van der Waals surface area contributed by atoms with E-state index >= 15 is 0 Å². The number of aromatic amines is 1. The van der Waals surface area contributed by atoms with Crippen LogP contribution in [0.2, 0.25) is 0 Å². The number of rotatable bonds is 27. The third-order valence-electron chi connectivity index (χ3n) is 9.88. The molecule has 1 saturated heterocycles. The van der Waals surface area contributed by atoms with Crippen LogP contribution in [0.5, 0.6) is 5.75 Å². The molecule has 6 atom stereocenters. The van der Waals surface area contributed by atoms with Crippen LogP contribution < -0.4 is 48.3 Å². The van der Waals surface area contributed by atoms with Gasteiger partial charge in [0.15, 0.2) is 0 Å². The number of carbonyl (C=O) groups excluding carboxylic acids is 8. The average Bonchev–Trinajstić information content (AvgIpc) is 3.93. The third-order valence-corrected chi connectivity index (χ3v) is 11.0. The zero-order chi connectivity index (χ0) is 46.7. The van der Waals surface area contributed by atoms with E-state index in [0.717, 1.165) is 0 Å². The number of thioether (sulfide) groups is 1. The van der Waals surface area contributed by atoms with Crippen LogP contribution in [-0.4, -0.2) is 133 Å². The topological polar surface area (TPSA) is 373 Å². The first-order chi connectivity index (χ1) is 29.8. The highest BCUT2D eigenvalue weighted by Crippen LogP contribution is 2.37. The number of phosphoric acid groups is 1. The molecule has 63 heavy (non-hydrogen) atoms. The SMILES string of the molecule is CSCC[C@H](NC(=O)[C@H](CCC(N)=O)NC(=O)[C@@H]1CCCN1C(=O)[C@H](CCCCN)NC(=O)[C@H](Cc1ccc(OP(=O)(O)O)cc1)NC(C)=O)C(=O)N[C@@H](Cc1cnc[nH]1)C(N)=O. The van der Waals surface area contributed by atoms with Crippen molar-refractivity contribution in [3.05, 3.63) is 48.0 Å². The van der Waals surface area contributed by atoms with Gasteiger partial charge in [-0.25, -0.2) is 9.55 Å².